The maximum Gasteiger partial charge on any atom is 0.257 e. The zero-order valence-corrected chi connectivity index (χ0v) is 14.2. The van der Waals surface area contributed by atoms with E-state index in [0.717, 1.165) is 12.8 Å². The average Bonchev–Trinajstić information content (AvgIpc) is 2.62. The Labute approximate surface area is 146 Å². The number of hydrogen-bond acceptors (Lipinski definition) is 4. The Bertz CT molecular complexity index is 751. The van der Waals surface area contributed by atoms with Crippen LogP contribution in [-0.2, 0) is 0 Å². The highest BCUT2D eigenvalue weighted by Gasteiger charge is 2.28. The van der Waals surface area contributed by atoms with Gasteiger partial charge in [-0.25, -0.2) is 9.37 Å². The van der Waals surface area contributed by atoms with Crippen molar-refractivity contribution in [1.82, 2.24) is 9.88 Å². The molecule has 2 atom stereocenters. The van der Waals surface area contributed by atoms with Crippen LogP contribution in [-0.4, -0.2) is 40.1 Å². The molecule has 1 aromatic heterocycles. The summed E-state index contributed by atoms with van der Waals surface area (Å²) in [5, 5.41) is 12.8. The summed E-state index contributed by atoms with van der Waals surface area (Å²) >= 11 is 0. The fourth-order valence-electron chi connectivity index (χ4n) is 3.14. The number of halogens is 1. The van der Waals surface area contributed by atoms with Crippen molar-refractivity contribution in [2.75, 3.05) is 18.4 Å². The lowest BCUT2D eigenvalue weighted by Crippen LogP contribution is -2.43. The first-order valence-electron chi connectivity index (χ1n) is 8.49. The molecule has 1 amide bonds. The minimum Gasteiger partial charge on any atom is -0.393 e. The highest BCUT2D eigenvalue weighted by molar-refractivity contribution is 5.99. The van der Waals surface area contributed by atoms with E-state index in [1.807, 2.05) is 0 Å². The Hall–Kier alpha value is -2.47. The van der Waals surface area contributed by atoms with Gasteiger partial charge in [-0.1, -0.05) is 6.07 Å². The Balaban J connectivity index is 1.81. The topological polar surface area (TPSA) is 65.5 Å². The lowest BCUT2D eigenvalue weighted by molar-refractivity contribution is 0.0466. The smallest absolute Gasteiger partial charge is 0.257 e. The van der Waals surface area contributed by atoms with Gasteiger partial charge in [0, 0.05) is 30.9 Å². The first-order valence-corrected chi connectivity index (χ1v) is 8.49. The Morgan fingerprint density at radius 3 is 3.00 bits per heavy atom. The first kappa shape index (κ1) is 17.4. The number of aliphatic hydroxyl groups is 1. The second-order valence-electron chi connectivity index (χ2n) is 6.43. The fraction of sp³-hybridized carbons (Fsp3) is 0.368. The first-order chi connectivity index (χ1) is 12.0. The van der Waals surface area contributed by atoms with Crippen molar-refractivity contribution in [2.24, 2.45) is 5.92 Å². The van der Waals surface area contributed by atoms with Gasteiger partial charge >= 0.3 is 0 Å². The lowest BCUT2D eigenvalue weighted by atomic mass is 9.93. The van der Waals surface area contributed by atoms with Crippen LogP contribution in [0.1, 0.15) is 30.1 Å². The van der Waals surface area contributed by atoms with E-state index < -0.39 is 6.10 Å². The number of likely N-dealkylation sites (tertiary alicyclic amines) is 1. The number of anilines is 2. The number of benzene rings is 1. The molecular weight excluding hydrogens is 321 g/mol. The Kier molecular flexibility index (Phi) is 5.28. The molecule has 2 N–H and O–H groups in total. The van der Waals surface area contributed by atoms with E-state index >= 15 is 0 Å². The van der Waals surface area contributed by atoms with Crippen LogP contribution >= 0.6 is 0 Å². The number of aliphatic hydroxyl groups excluding tert-OH is 1. The van der Waals surface area contributed by atoms with E-state index in [9.17, 15) is 14.3 Å². The number of hydrogen-bond donors (Lipinski definition) is 2. The van der Waals surface area contributed by atoms with Crippen molar-refractivity contribution in [2.45, 2.75) is 25.9 Å². The number of carbonyl (C=O) groups is 1. The molecule has 0 spiro atoms. The van der Waals surface area contributed by atoms with Crippen molar-refractivity contribution >= 4 is 17.4 Å². The minimum atomic E-state index is -0.436. The minimum absolute atomic E-state index is 0.0917. The molecule has 2 aromatic rings. The molecule has 0 aliphatic carbocycles. The molecule has 5 nitrogen and oxygen atoms in total. The quantitative estimate of drug-likeness (QED) is 0.895. The summed E-state index contributed by atoms with van der Waals surface area (Å²) in [6.07, 6.45) is 2.94. The summed E-state index contributed by atoms with van der Waals surface area (Å²) in [5.41, 5.74) is 0.978. The molecule has 2 heterocycles. The van der Waals surface area contributed by atoms with Crippen LogP contribution in [0, 0.1) is 11.7 Å². The van der Waals surface area contributed by atoms with Crippen molar-refractivity contribution in [3.05, 3.63) is 54.0 Å². The predicted molar refractivity (Wildman–Crippen MR) is 94.2 cm³/mol. The van der Waals surface area contributed by atoms with Crippen LogP contribution < -0.4 is 5.32 Å². The number of amides is 1. The van der Waals surface area contributed by atoms with Crippen molar-refractivity contribution in [3.8, 4) is 0 Å². The molecule has 1 aliphatic heterocycles. The summed E-state index contributed by atoms with van der Waals surface area (Å²) < 4.78 is 13.4. The van der Waals surface area contributed by atoms with Gasteiger partial charge in [-0.2, -0.15) is 0 Å². The van der Waals surface area contributed by atoms with Gasteiger partial charge in [0.25, 0.3) is 5.91 Å². The van der Waals surface area contributed by atoms with E-state index in [0.29, 0.717) is 30.2 Å². The van der Waals surface area contributed by atoms with Gasteiger partial charge in [-0.05, 0) is 50.1 Å². The normalized spacial score (nSPS) is 18.7. The summed E-state index contributed by atoms with van der Waals surface area (Å²) in [7, 11) is 0. The molecule has 0 bridgehead atoms. The largest absolute Gasteiger partial charge is 0.393 e. The molecule has 25 heavy (non-hydrogen) atoms. The van der Waals surface area contributed by atoms with Crippen LogP contribution in [0.2, 0.25) is 0 Å². The monoisotopic (exact) mass is 343 g/mol. The third-order valence-electron chi connectivity index (χ3n) is 4.55. The second-order valence-corrected chi connectivity index (χ2v) is 6.43. The Morgan fingerprint density at radius 2 is 2.24 bits per heavy atom. The standard InChI is InChI=1S/C19H22FN3O2/c1-13(24)14-5-4-10-23(12-14)19(25)17-8-3-9-21-18(17)22-16-7-2-6-15(20)11-16/h2-3,6-9,11,13-14,24H,4-5,10,12H2,1H3,(H,21,22). The summed E-state index contributed by atoms with van der Waals surface area (Å²) in [6.45, 7) is 2.96. The Morgan fingerprint density at radius 1 is 1.40 bits per heavy atom. The van der Waals surface area contributed by atoms with Crippen molar-refractivity contribution in [1.29, 1.82) is 0 Å². The van der Waals surface area contributed by atoms with Gasteiger partial charge in [-0.3, -0.25) is 4.79 Å². The molecule has 6 heteroatoms. The van der Waals surface area contributed by atoms with Gasteiger partial charge in [0.2, 0.25) is 0 Å². The average molecular weight is 343 g/mol. The third kappa shape index (κ3) is 4.14. The number of carbonyl (C=O) groups excluding carboxylic acids is 1. The molecule has 0 saturated carbocycles. The molecule has 3 rings (SSSR count). The number of piperidine rings is 1. The van der Waals surface area contributed by atoms with E-state index in [4.69, 9.17) is 0 Å². The van der Waals surface area contributed by atoms with Crippen molar-refractivity contribution in [3.63, 3.8) is 0 Å². The third-order valence-corrected chi connectivity index (χ3v) is 4.55. The number of aromatic nitrogens is 1. The second kappa shape index (κ2) is 7.61. The molecule has 1 aliphatic rings. The van der Waals surface area contributed by atoms with Crippen LogP contribution in [0.15, 0.2) is 42.6 Å². The van der Waals surface area contributed by atoms with E-state index in [1.54, 1.807) is 42.3 Å². The van der Waals surface area contributed by atoms with Gasteiger partial charge in [0.05, 0.1) is 11.7 Å². The molecule has 132 valence electrons. The molecule has 2 unspecified atom stereocenters. The maximum atomic E-state index is 13.4. The van der Waals surface area contributed by atoms with E-state index in [1.165, 1.54) is 12.1 Å². The number of nitrogens with zero attached hydrogens (tertiary/aromatic N) is 2. The maximum absolute atomic E-state index is 13.4. The molecule has 1 aromatic carbocycles. The lowest BCUT2D eigenvalue weighted by Gasteiger charge is -2.34. The molecule has 0 radical (unpaired) electrons. The van der Waals surface area contributed by atoms with Gasteiger partial charge in [-0.15, -0.1) is 0 Å². The van der Waals surface area contributed by atoms with Crippen molar-refractivity contribution < 1.29 is 14.3 Å². The summed E-state index contributed by atoms with van der Waals surface area (Å²) in [6, 6.07) is 9.45. The number of rotatable bonds is 4. The zero-order valence-electron chi connectivity index (χ0n) is 14.2. The highest BCUT2D eigenvalue weighted by Crippen LogP contribution is 2.24. The predicted octanol–water partition coefficient (Wildman–Crippen LogP) is 3.20. The molecule has 1 saturated heterocycles. The van der Waals surface area contributed by atoms with Crippen LogP contribution in [0.4, 0.5) is 15.9 Å². The van der Waals surface area contributed by atoms with Crippen LogP contribution in [0.5, 0.6) is 0 Å². The summed E-state index contributed by atoms with van der Waals surface area (Å²) in [5.74, 6) is 0.00763. The van der Waals surface area contributed by atoms with Crippen LogP contribution in [0.3, 0.4) is 0 Å². The van der Waals surface area contributed by atoms with E-state index in [2.05, 4.69) is 10.3 Å². The fourth-order valence-corrected chi connectivity index (χ4v) is 3.14. The van der Waals surface area contributed by atoms with E-state index in [-0.39, 0.29) is 17.6 Å². The van der Waals surface area contributed by atoms with Gasteiger partial charge < -0.3 is 15.3 Å². The molecular formula is C19H22FN3O2. The SMILES string of the molecule is CC(O)C1CCCN(C(=O)c2cccnc2Nc2cccc(F)c2)C1. The van der Waals surface area contributed by atoms with Gasteiger partial charge in [0.1, 0.15) is 11.6 Å². The van der Waals surface area contributed by atoms with Crippen LogP contribution in [0.25, 0.3) is 0 Å². The molecule has 1 fully saturated rings. The number of nitrogens with one attached hydrogen (secondary N) is 1. The van der Waals surface area contributed by atoms with Gasteiger partial charge in [0.15, 0.2) is 0 Å². The summed E-state index contributed by atoms with van der Waals surface area (Å²) in [4.78, 5) is 18.9. The number of pyridine rings is 1. The zero-order chi connectivity index (χ0) is 17.8. The highest BCUT2D eigenvalue weighted by atomic mass is 19.1.